The van der Waals surface area contributed by atoms with Crippen LogP contribution in [0.3, 0.4) is 0 Å². The Labute approximate surface area is 96.4 Å². The summed E-state index contributed by atoms with van der Waals surface area (Å²) < 4.78 is 5.52. The summed E-state index contributed by atoms with van der Waals surface area (Å²) in [7, 11) is 0. The highest BCUT2D eigenvalue weighted by molar-refractivity contribution is 5.42. The highest BCUT2D eigenvalue weighted by atomic mass is 16.6. The number of hydrogen-bond acceptors (Lipinski definition) is 3. The van der Waals surface area contributed by atoms with Crippen molar-refractivity contribution in [3.8, 4) is 0 Å². The molecule has 0 unspecified atom stereocenters. The average molecular weight is 218 g/mol. The fraction of sp³-hybridized carbons (Fsp3) is 0.615. The lowest BCUT2D eigenvalue weighted by atomic mass is 9.98. The van der Waals surface area contributed by atoms with Crippen LogP contribution in [-0.2, 0) is 4.74 Å². The average Bonchev–Trinajstić information content (AvgIpc) is 3.04. The summed E-state index contributed by atoms with van der Waals surface area (Å²) in [5.41, 5.74) is 2.67. The van der Waals surface area contributed by atoms with E-state index in [2.05, 4.69) is 35.9 Å². The molecule has 1 spiro atoms. The second kappa shape index (κ2) is 3.45. The number of hydrogen-bond donors (Lipinski definition) is 0. The molecule has 0 atom stereocenters. The molecule has 0 bridgehead atoms. The van der Waals surface area contributed by atoms with E-state index in [0.29, 0.717) is 0 Å². The normalized spacial score (nSPS) is 22.5. The number of ether oxygens (including phenoxy) is 1. The maximum absolute atomic E-state index is 5.52. The molecule has 0 radical (unpaired) electrons. The molecule has 0 aromatic carbocycles. The number of aryl methyl sites for hydroxylation is 2. The second-order valence-electron chi connectivity index (χ2n) is 5.03. The van der Waals surface area contributed by atoms with Gasteiger partial charge in [0, 0.05) is 18.8 Å². The summed E-state index contributed by atoms with van der Waals surface area (Å²) in [6.45, 7) is 7.32. The zero-order chi connectivity index (χ0) is 11.2. The molecule has 1 aromatic heterocycles. The van der Waals surface area contributed by atoms with E-state index in [4.69, 9.17) is 4.74 Å². The standard InChI is InChI=1S/C13H18N2O/c1-10-3-4-12(14-11(10)2)15-7-5-13(6-8-15)9-16-13/h3-4H,5-9H2,1-2H3. The predicted molar refractivity (Wildman–Crippen MR) is 63.8 cm³/mol. The van der Waals surface area contributed by atoms with E-state index in [1.54, 1.807) is 0 Å². The number of anilines is 1. The van der Waals surface area contributed by atoms with Crippen molar-refractivity contribution >= 4 is 5.82 Å². The molecule has 2 aliphatic heterocycles. The molecular formula is C13H18N2O. The van der Waals surface area contributed by atoms with Crippen molar-refractivity contribution in [2.75, 3.05) is 24.6 Å². The van der Waals surface area contributed by atoms with E-state index in [1.165, 1.54) is 5.56 Å². The van der Waals surface area contributed by atoms with E-state index in [0.717, 1.165) is 44.0 Å². The molecule has 2 aliphatic rings. The number of epoxide rings is 1. The van der Waals surface area contributed by atoms with Gasteiger partial charge in [0.2, 0.25) is 0 Å². The fourth-order valence-electron chi connectivity index (χ4n) is 2.33. The molecule has 86 valence electrons. The molecule has 3 nitrogen and oxygen atoms in total. The largest absolute Gasteiger partial charge is 0.369 e. The van der Waals surface area contributed by atoms with E-state index < -0.39 is 0 Å². The van der Waals surface area contributed by atoms with Crippen molar-refractivity contribution < 1.29 is 4.74 Å². The molecule has 2 fully saturated rings. The molecule has 0 amide bonds. The third-order valence-corrected chi connectivity index (χ3v) is 3.89. The number of aromatic nitrogens is 1. The third-order valence-electron chi connectivity index (χ3n) is 3.89. The van der Waals surface area contributed by atoms with Gasteiger partial charge in [0.1, 0.15) is 5.82 Å². The second-order valence-corrected chi connectivity index (χ2v) is 5.03. The third kappa shape index (κ3) is 1.69. The molecule has 3 heteroatoms. The van der Waals surface area contributed by atoms with Gasteiger partial charge in [-0.15, -0.1) is 0 Å². The van der Waals surface area contributed by atoms with Crippen LogP contribution >= 0.6 is 0 Å². The Bertz CT molecular complexity index is 402. The summed E-state index contributed by atoms with van der Waals surface area (Å²) in [5, 5.41) is 0. The zero-order valence-corrected chi connectivity index (χ0v) is 9.99. The first-order valence-electron chi connectivity index (χ1n) is 6.02. The summed E-state index contributed by atoms with van der Waals surface area (Å²) in [5.74, 6) is 1.12. The smallest absolute Gasteiger partial charge is 0.128 e. The van der Waals surface area contributed by atoms with Crippen molar-refractivity contribution in [3.05, 3.63) is 23.4 Å². The number of piperidine rings is 1. The van der Waals surface area contributed by atoms with Crippen molar-refractivity contribution in [1.82, 2.24) is 4.98 Å². The summed E-state index contributed by atoms with van der Waals surface area (Å²) >= 11 is 0. The minimum absolute atomic E-state index is 0.260. The highest BCUT2D eigenvalue weighted by Crippen LogP contribution is 2.38. The van der Waals surface area contributed by atoms with Crippen molar-refractivity contribution in [1.29, 1.82) is 0 Å². The van der Waals surface area contributed by atoms with Crippen molar-refractivity contribution in [3.63, 3.8) is 0 Å². The summed E-state index contributed by atoms with van der Waals surface area (Å²) in [6, 6.07) is 4.30. The molecule has 3 rings (SSSR count). The number of nitrogens with zero attached hydrogens (tertiary/aromatic N) is 2. The van der Waals surface area contributed by atoms with Gasteiger partial charge in [-0.05, 0) is 38.3 Å². The summed E-state index contributed by atoms with van der Waals surface area (Å²) in [4.78, 5) is 7.02. The monoisotopic (exact) mass is 218 g/mol. The number of rotatable bonds is 1. The van der Waals surface area contributed by atoms with Crippen LogP contribution in [0.5, 0.6) is 0 Å². The Balaban J connectivity index is 1.75. The van der Waals surface area contributed by atoms with Gasteiger partial charge < -0.3 is 9.64 Å². The predicted octanol–water partition coefficient (Wildman–Crippen LogP) is 2.07. The fourth-order valence-corrected chi connectivity index (χ4v) is 2.33. The molecule has 0 N–H and O–H groups in total. The van der Waals surface area contributed by atoms with Gasteiger partial charge in [0.25, 0.3) is 0 Å². The quantitative estimate of drug-likeness (QED) is 0.676. The Kier molecular flexibility index (Phi) is 2.18. The van der Waals surface area contributed by atoms with Crippen molar-refractivity contribution in [2.45, 2.75) is 32.3 Å². The van der Waals surface area contributed by atoms with E-state index in [9.17, 15) is 0 Å². The minimum atomic E-state index is 0.260. The van der Waals surface area contributed by atoms with Crippen LogP contribution in [0.2, 0.25) is 0 Å². The van der Waals surface area contributed by atoms with Gasteiger partial charge in [-0.3, -0.25) is 0 Å². The summed E-state index contributed by atoms with van der Waals surface area (Å²) in [6.07, 6.45) is 2.31. The van der Waals surface area contributed by atoms with Crippen LogP contribution in [0, 0.1) is 13.8 Å². The minimum Gasteiger partial charge on any atom is -0.369 e. The van der Waals surface area contributed by atoms with Crippen LogP contribution in [0.15, 0.2) is 12.1 Å². The molecule has 0 saturated carbocycles. The maximum atomic E-state index is 5.52. The first kappa shape index (κ1) is 10.1. The topological polar surface area (TPSA) is 28.7 Å². The van der Waals surface area contributed by atoms with Gasteiger partial charge in [0.15, 0.2) is 0 Å². The van der Waals surface area contributed by atoms with E-state index in [1.807, 2.05) is 0 Å². The molecule has 2 saturated heterocycles. The Hall–Kier alpha value is -1.09. The Morgan fingerprint density at radius 1 is 1.25 bits per heavy atom. The Morgan fingerprint density at radius 3 is 2.50 bits per heavy atom. The van der Waals surface area contributed by atoms with Gasteiger partial charge in [-0.2, -0.15) is 0 Å². The first-order valence-corrected chi connectivity index (χ1v) is 6.02. The SMILES string of the molecule is Cc1ccc(N2CCC3(CC2)CO3)nc1C. The molecule has 3 heterocycles. The van der Waals surface area contributed by atoms with E-state index in [-0.39, 0.29) is 5.60 Å². The van der Waals surface area contributed by atoms with Crippen molar-refractivity contribution in [2.24, 2.45) is 0 Å². The maximum Gasteiger partial charge on any atom is 0.128 e. The van der Waals surface area contributed by atoms with Gasteiger partial charge in [-0.25, -0.2) is 4.98 Å². The van der Waals surface area contributed by atoms with Gasteiger partial charge in [-0.1, -0.05) is 6.07 Å². The lowest BCUT2D eigenvalue weighted by Crippen LogP contribution is -2.38. The molecule has 1 aromatic rings. The molecule has 16 heavy (non-hydrogen) atoms. The molecule has 0 aliphatic carbocycles. The zero-order valence-electron chi connectivity index (χ0n) is 9.99. The first-order chi connectivity index (χ1) is 7.69. The van der Waals surface area contributed by atoms with E-state index >= 15 is 0 Å². The van der Waals surface area contributed by atoms with Crippen LogP contribution in [-0.4, -0.2) is 30.3 Å². The Morgan fingerprint density at radius 2 is 1.94 bits per heavy atom. The van der Waals surface area contributed by atoms with Crippen LogP contribution < -0.4 is 4.90 Å². The van der Waals surface area contributed by atoms with Crippen LogP contribution in [0.25, 0.3) is 0 Å². The number of pyridine rings is 1. The lowest BCUT2D eigenvalue weighted by molar-refractivity contribution is 0.258. The lowest BCUT2D eigenvalue weighted by Gasteiger charge is -2.31. The molecular weight excluding hydrogens is 200 g/mol. The highest BCUT2D eigenvalue weighted by Gasteiger charge is 2.46. The van der Waals surface area contributed by atoms with Gasteiger partial charge >= 0.3 is 0 Å². The van der Waals surface area contributed by atoms with Crippen LogP contribution in [0.1, 0.15) is 24.1 Å². The van der Waals surface area contributed by atoms with Crippen LogP contribution in [0.4, 0.5) is 5.82 Å². The van der Waals surface area contributed by atoms with Gasteiger partial charge in [0.05, 0.1) is 12.2 Å².